The summed E-state index contributed by atoms with van der Waals surface area (Å²) in [6.45, 7) is 3.76. The second-order valence-electron chi connectivity index (χ2n) is 5.43. The summed E-state index contributed by atoms with van der Waals surface area (Å²) in [6, 6.07) is 15.2. The number of hydrogen-bond donors (Lipinski definition) is 1. The molecule has 0 aromatic heterocycles. The van der Waals surface area contributed by atoms with Gasteiger partial charge in [-0.2, -0.15) is 0 Å². The van der Waals surface area contributed by atoms with Gasteiger partial charge in [-0.05, 0) is 36.6 Å². The molecular formula is C19H21NO3. The minimum Gasteiger partial charge on any atom is -0.455 e. The van der Waals surface area contributed by atoms with E-state index in [1.165, 1.54) is 5.56 Å². The van der Waals surface area contributed by atoms with Gasteiger partial charge in [0.1, 0.15) is 0 Å². The van der Waals surface area contributed by atoms with E-state index in [2.05, 4.69) is 12.2 Å². The summed E-state index contributed by atoms with van der Waals surface area (Å²) in [6.07, 6.45) is 1.12. The SMILES string of the molecule is CCc1ccc(NC(=O)COC(=O)Cc2cccc(C)c2)cc1. The molecular weight excluding hydrogens is 290 g/mol. The average molecular weight is 311 g/mol. The molecule has 0 heterocycles. The number of benzene rings is 2. The van der Waals surface area contributed by atoms with Gasteiger partial charge < -0.3 is 10.1 Å². The van der Waals surface area contributed by atoms with Gasteiger partial charge in [-0.25, -0.2) is 0 Å². The van der Waals surface area contributed by atoms with E-state index in [4.69, 9.17) is 4.74 Å². The summed E-state index contributed by atoms with van der Waals surface area (Å²) in [7, 11) is 0. The maximum absolute atomic E-state index is 11.8. The summed E-state index contributed by atoms with van der Waals surface area (Å²) >= 11 is 0. The van der Waals surface area contributed by atoms with Crippen LogP contribution < -0.4 is 5.32 Å². The van der Waals surface area contributed by atoms with E-state index in [1.54, 1.807) is 0 Å². The van der Waals surface area contributed by atoms with Gasteiger partial charge in [-0.15, -0.1) is 0 Å². The van der Waals surface area contributed by atoms with Gasteiger partial charge in [0.05, 0.1) is 6.42 Å². The molecule has 2 aromatic carbocycles. The van der Waals surface area contributed by atoms with E-state index in [-0.39, 0.29) is 18.9 Å². The lowest BCUT2D eigenvalue weighted by Crippen LogP contribution is -2.21. The zero-order chi connectivity index (χ0) is 16.7. The standard InChI is InChI=1S/C19H21NO3/c1-3-15-7-9-17(10-8-15)20-18(21)13-23-19(22)12-16-6-4-5-14(2)11-16/h4-11H,3,12-13H2,1-2H3,(H,20,21). The van der Waals surface area contributed by atoms with Crippen LogP contribution in [0.1, 0.15) is 23.6 Å². The first kappa shape index (κ1) is 16.7. The molecule has 0 radical (unpaired) electrons. The minimum atomic E-state index is -0.410. The molecule has 0 saturated heterocycles. The van der Waals surface area contributed by atoms with Crippen molar-refractivity contribution < 1.29 is 14.3 Å². The first-order valence-electron chi connectivity index (χ1n) is 7.67. The topological polar surface area (TPSA) is 55.4 Å². The Labute approximate surface area is 136 Å². The number of ether oxygens (including phenoxy) is 1. The fourth-order valence-electron chi connectivity index (χ4n) is 2.21. The minimum absolute atomic E-state index is 0.167. The Morgan fingerprint density at radius 2 is 1.78 bits per heavy atom. The van der Waals surface area contributed by atoms with Crippen molar-refractivity contribution in [2.75, 3.05) is 11.9 Å². The molecule has 0 bridgehead atoms. The quantitative estimate of drug-likeness (QED) is 0.833. The third-order valence-corrected chi connectivity index (χ3v) is 3.44. The number of esters is 1. The molecule has 1 N–H and O–H groups in total. The van der Waals surface area contributed by atoms with Crippen LogP contribution in [0, 0.1) is 6.92 Å². The van der Waals surface area contributed by atoms with E-state index in [9.17, 15) is 9.59 Å². The maximum Gasteiger partial charge on any atom is 0.310 e. The van der Waals surface area contributed by atoms with Gasteiger partial charge >= 0.3 is 5.97 Å². The average Bonchev–Trinajstić information content (AvgIpc) is 2.54. The molecule has 1 amide bonds. The first-order chi connectivity index (χ1) is 11.1. The van der Waals surface area contributed by atoms with Crippen molar-refractivity contribution in [3.05, 3.63) is 65.2 Å². The van der Waals surface area contributed by atoms with Gasteiger partial charge in [0.2, 0.25) is 0 Å². The summed E-state index contributed by atoms with van der Waals surface area (Å²) in [5.74, 6) is -0.751. The van der Waals surface area contributed by atoms with Crippen LogP contribution in [0.4, 0.5) is 5.69 Å². The summed E-state index contributed by atoms with van der Waals surface area (Å²) in [5, 5.41) is 2.71. The number of hydrogen-bond acceptors (Lipinski definition) is 3. The van der Waals surface area contributed by atoms with E-state index in [1.807, 2.05) is 55.5 Å². The number of anilines is 1. The highest BCUT2D eigenvalue weighted by molar-refractivity contribution is 5.92. The van der Waals surface area contributed by atoms with Crippen molar-refractivity contribution >= 4 is 17.6 Å². The van der Waals surface area contributed by atoms with Crippen LogP contribution in [0.2, 0.25) is 0 Å². The number of carbonyl (C=O) groups excluding carboxylic acids is 2. The largest absolute Gasteiger partial charge is 0.455 e. The van der Waals surface area contributed by atoms with Crippen LogP contribution in [0.25, 0.3) is 0 Å². The third-order valence-electron chi connectivity index (χ3n) is 3.44. The van der Waals surface area contributed by atoms with Crippen LogP contribution in [-0.4, -0.2) is 18.5 Å². The predicted molar refractivity (Wildman–Crippen MR) is 90.3 cm³/mol. The molecule has 0 unspecified atom stereocenters. The van der Waals surface area contributed by atoms with Gasteiger partial charge in [-0.3, -0.25) is 9.59 Å². The smallest absolute Gasteiger partial charge is 0.310 e. The van der Waals surface area contributed by atoms with Crippen LogP contribution >= 0.6 is 0 Å². The number of amides is 1. The Balaban J connectivity index is 1.78. The Hall–Kier alpha value is -2.62. The van der Waals surface area contributed by atoms with Gasteiger partial charge in [0.15, 0.2) is 6.61 Å². The van der Waals surface area contributed by atoms with Crippen LogP contribution in [0.15, 0.2) is 48.5 Å². The first-order valence-corrected chi connectivity index (χ1v) is 7.67. The molecule has 4 nitrogen and oxygen atoms in total. The second kappa shape index (κ2) is 8.13. The highest BCUT2D eigenvalue weighted by Crippen LogP contribution is 2.10. The van der Waals surface area contributed by atoms with Crippen molar-refractivity contribution in [2.45, 2.75) is 26.7 Å². The molecule has 0 spiro atoms. The lowest BCUT2D eigenvalue weighted by atomic mass is 10.1. The molecule has 0 aliphatic carbocycles. The van der Waals surface area contributed by atoms with E-state index < -0.39 is 5.97 Å². The fourth-order valence-corrected chi connectivity index (χ4v) is 2.21. The highest BCUT2D eigenvalue weighted by atomic mass is 16.5. The normalized spacial score (nSPS) is 10.2. The van der Waals surface area contributed by atoms with E-state index >= 15 is 0 Å². The van der Waals surface area contributed by atoms with Crippen LogP contribution in [0.5, 0.6) is 0 Å². The molecule has 4 heteroatoms. The number of rotatable bonds is 6. The number of nitrogens with one attached hydrogen (secondary N) is 1. The molecule has 23 heavy (non-hydrogen) atoms. The fraction of sp³-hybridized carbons (Fsp3) is 0.263. The second-order valence-corrected chi connectivity index (χ2v) is 5.43. The number of aryl methyl sites for hydroxylation is 2. The Morgan fingerprint density at radius 3 is 2.43 bits per heavy atom. The van der Waals surface area contributed by atoms with Gasteiger partial charge in [-0.1, -0.05) is 48.9 Å². The Bertz CT molecular complexity index is 677. The Morgan fingerprint density at radius 1 is 1.04 bits per heavy atom. The molecule has 0 aliphatic heterocycles. The van der Waals surface area contributed by atoms with Crippen LogP contribution in [-0.2, 0) is 27.2 Å². The molecule has 2 rings (SSSR count). The summed E-state index contributed by atoms with van der Waals surface area (Å²) in [4.78, 5) is 23.6. The molecule has 120 valence electrons. The Kier molecular flexibility index (Phi) is 5.92. The molecule has 0 aliphatic rings. The zero-order valence-electron chi connectivity index (χ0n) is 13.5. The zero-order valence-corrected chi connectivity index (χ0v) is 13.5. The monoisotopic (exact) mass is 311 g/mol. The summed E-state index contributed by atoms with van der Waals surface area (Å²) < 4.78 is 5.01. The van der Waals surface area contributed by atoms with Crippen molar-refractivity contribution in [3.8, 4) is 0 Å². The number of carbonyl (C=O) groups is 2. The highest BCUT2D eigenvalue weighted by Gasteiger charge is 2.09. The lowest BCUT2D eigenvalue weighted by molar-refractivity contribution is -0.146. The molecule has 0 fully saturated rings. The van der Waals surface area contributed by atoms with Crippen molar-refractivity contribution in [1.29, 1.82) is 0 Å². The van der Waals surface area contributed by atoms with E-state index in [0.717, 1.165) is 17.5 Å². The lowest BCUT2D eigenvalue weighted by Gasteiger charge is -2.07. The van der Waals surface area contributed by atoms with E-state index in [0.29, 0.717) is 5.69 Å². The van der Waals surface area contributed by atoms with Gasteiger partial charge in [0, 0.05) is 5.69 Å². The molecule has 0 atom stereocenters. The van der Waals surface area contributed by atoms with Crippen molar-refractivity contribution in [2.24, 2.45) is 0 Å². The maximum atomic E-state index is 11.8. The third kappa shape index (κ3) is 5.58. The van der Waals surface area contributed by atoms with Crippen molar-refractivity contribution in [1.82, 2.24) is 0 Å². The molecule has 2 aromatic rings. The summed E-state index contributed by atoms with van der Waals surface area (Å²) in [5.41, 5.74) is 3.86. The van der Waals surface area contributed by atoms with Crippen molar-refractivity contribution in [3.63, 3.8) is 0 Å². The van der Waals surface area contributed by atoms with Crippen LogP contribution in [0.3, 0.4) is 0 Å². The van der Waals surface area contributed by atoms with Gasteiger partial charge in [0.25, 0.3) is 5.91 Å². The molecule has 0 saturated carbocycles. The predicted octanol–water partition coefficient (Wildman–Crippen LogP) is 3.28.